The average molecular weight is 310 g/mol. The predicted molar refractivity (Wildman–Crippen MR) is 79.0 cm³/mol. The van der Waals surface area contributed by atoms with Crippen LogP contribution in [0, 0.1) is 11.3 Å². The Labute approximate surface area is 128 Å². The molecule has 0 aromatic heterocycles. The van der Waals surface area contributed by atoms with E-state index in [1.165, 1.54) is 18.6 Å². The van der Waals surface area contributed by atoms with E-state index in [4.69, 9.17) is 0 Å². The summed E-state index contributed by atoms with van der Waals surface area (Å²) in [5.41, 5.74) is 0.286. The molecule has 2 fully saturated rings. The van der Waals surface area contributed by atoms with Gasteiger partial charge in [0.1, 0.15) is 5.75 Å². The Bertz CT molecular complexity index is 535. The quantitative estimate of drug-likeness (QED) is 0.899. The van der Waals surface area contributed by atoms with Crippen molar-refractivity contribution >= 4 is 11.6 Å². The molecule has 1 amide bonds. The van der Waals surface area contributed by atoms with Crippen molar-refractivity contribution in [3.63, 3.8) is 0 Å². The average Bonchev–Trinajstić information content (AvgIpc) is 2.94. The van der Waals surface area contributed by atoms with Gasteiger partial charge in [-0.1, -0.05) is 12.8 Å². The molecule has 1 aliphatic carbocycles. The minimum atomic E-state index is -2.84. The summed E-state index contributed by atoms with van der Waals surface area (Å²) in [6, 6.07) is 6.05. The lowest BCUT2D eigenvalue weighted by molar-refractivity contribution is -0.128. The zero-order valence-corrected chi connectivity index (χ0v) is 12.3. The van der Waals surface area contributed by atoms with E-state index >= 15 is 0 Å². The number of rotatable bonds is 4. The van der Waals surface area contributed by atoms with Gasteiger partial charge in [-0.3, -0.25) is 4.79 Å². The Kier molecular flexibility index (Phi) is 4.29. The first-order chi connectivity index (χ1) is 10.6. The van der Waals surface area contributed by atoms with E-state index in [1.807, 2.05) is 0 Å². The predicted octanol–water partition coefficient (Wildman–Crippen LogP) is 3.01. The first-order valence-corrected chi connectivity index (χ1v) is 7.67. The van der Waals surface area contributed by atoms with Crippen molar-refractivity contribution in [2.75, 3.05) is 18.4 Å². The molecule has 2 atom stereocenters. The maximum Gasteiger partial charge on any atom is 0.387 e. The number of ether oxygens (including phenoxy) is 1. The first kappa shape index (κ1) is 15.2. The highest BCUT2D eigenvalue weighted by molar-refractivity contribution is 5.96. The summed E-state index contributed by atoms with van der Waals surface area (Å²) >= 11 is 0. The molecule has 2 aliphatic rings. The molecule has 0 unspecified atom stereocenters. The first-order valence-electron chi connectivity index (χ1n) is 7.67. The van der Waals surface area contributed by atoms with Gasteiger partial charge in [-0.05, 0) is 49.6 Å². The maximum absolute atomic E-state index is 12.7. The molecule has 2 N–H and O–H groups in total. The SMILES string of the molecule is O=C(Nc1ccc(OC(F)F)cc1)[C@@]12CCCC[C@H]1CNC2. The van der Waals surface area contributed by atoms with Crippen LogP contribution in [-0.2, 0) is 4.79 Å². The van der Waals surface area contributed by atoms with Crippen molar-refractivity contribution in [2.45, 2.75) is 32.3 Å². The molecule has 0 bridgehead atoms. The highest BCUT2D eigenvalue weighted by Gasteiger charge is 2.49. The topological polar surface area (TPSA) is 50.4 Å². The van der Waals surface area contributed by atoms with Crippen molar-refractivity contribution in [3.05, 3.63) is 24.3 Å². The van der Waals surface area contributed by atoms with Crippen molar-refractivity contribution in [1.82, 2.24) is 5.32 Å². The van der Waals surface area contributed by atoms with Crippen LogP contribution >= 0.6 is 0 Å². The molecule has 22 heavy (non-hydrogen) atoms. The summed E-state index contributed by atoms with van der Waals surface area (Å²) in [4.78, 5) is 12.7. The van der Waals surface area contributed by atoms with Gasteiger partial charge in [-0.2, -0.15) is 8.78 Å². The van der Waals surface area contributed by atoms with Gasteiger partial charge in [0, 0.05) is 12.2 Å². The third-order valence-electron chi connectivity index (χ3n) is 4.83. The third kappa shape index (κ3) is 2.92. The Morgan fingerprint density at radius 1 is 1.32 bits per heavy atom. The van der Waals surface area contributed by atoms with Crippen molar-refractivity contribution < 1.29 is 18.3 Å². The van der Waals surface area contributed by atoms with Crippen molar-refractivity contribution in [1.29, 1.82) is 0 Å². The van der Waals surface area contributed by atoms with Crippen LogP contribution < -0.4 is 15.4 Å². The fraction of sp³-hybridized carbons (Fsp3) is 0.562. The van der Waals surface area contributed by atoms with Gasteiger partial charge in [0.15, 0.2) is 0 Å². The molecule has 0 spiro atoms. The highest BCUT2D eigenvalue weighted by atomic mass is 19.3. The minimum absolute atomic E-state index is 0.0322. The van der Waals surface area contributed by atoms with Crippen molar-refractivity contribution in [2.24, 2.45) is 11.3 Å². The van der Waals surface area contributed by atoms with Gasteiger partial charge in [-0.25, -0.2) is 0 Å². The van der Waals surface area contributed by atoms with Gasteiger partial charge in [0.2, 0.25) is 5.91 Å². The standard InChI is InChI=1S/C16H20F2N2O2/c17-15(18)22-13-6-4-12(5-7-13)20-14(21)16-8-2-1-3-11(16)9-19-10-16/h4-7,11,15,19H,1-3,8-10H2,(H,20,21)/t11-,16+/m0/s1. The molecule has 1 aromatic rings. The normalized spacial score (nSPS) is 27.5. The smallest absolute Gasteiger partial charge is 0.387 e. The largest absolute Gasteiger partial charge is 0.435 e. The highest BCUT2D eigenvalue weighted by Crippen LogP contribution is 2.44. The summed E-state index contributed by atoms with van der Waals surface area (Å²) in [5.74, 6) is 0.511. The zero-order chi connectivity index (χ0) is 15.6. The van der Waals surface area contributed by atoms with Gasteiger partial charge in [0.05, 0.1) is 5.41 Å². The monoisotopic (exact) mass is 310 g/mol. The number of fused-ring (bicyclic) bond motifs is 1. The van der Waals surface area contributed by atoms with Gasteiger partial charge < -0.3 is 15.4 Å². The Hall–Kier alpha value is -1.69. The molecule has 1 aromatic carbocycles. The summed E-state index contributed by atoms with van der Waals surface area (Å²) in [6.07, 6.45) is 4.25. The van der Waals surface area contributed by atoms with Gasteiger partial charge >= 0.3 is 6.61 Å². The number of carbonyl (C=O) groups excluding carboxylic acids is 1. The Morgan fingerprint density at radius 3 is 2.82 bits per heavy atom. The lowest BCUT2D eigenvalue weighted by Crippen LogP contribution is -2.44. The molecule has 1 saturated heterocycles. The van der Waals surface area contributed by atoms with E-state index in [0.29, 0.717) is 11.6 Å². The molecule has 1 heterocycles. The number of anilines is 1. The van der Waals surface area contributed by atoms with Crippen LogP contribution in [0.25, 0.3) is 0 Å². The number of hydrogen-bond donors (Lipinski definition) is 2. The molecular weight excluding hydrogens is 290 g/mol. The number of hydrogen-bond acceptors (Lipinski definition) is 3. The van der Waals surface area contributed by atoms with Gasteiger partial charge in [-0.15, -0.1) is 0 Å². The number of halogens is 2. The second-order valence-electron chi connectivity index (χ2n) is 6.09. The molecular formula is C16H20F2N2O2. The van der Waals surface area contributed by atoms with Crippen LogP contribution in [0.3, 0.4) is 0 Å². The molecule has 120 valence electrons. The van der Waals surface area contributed by atoms with Crippen LogP contribution in [-0.4, -0.2) is 25.6 Å². The molecule has 3 rings (SSSR count). The second kappa shape index (κ2) is 6.20. The lowest BCUT2D eigenvalue weighted by atomic mass is 9.67. The molecule has 6 heteroatoms. The van der Waals surface area contributed by atoms with Crippen LogP contribution in [0.5, 0.6) is 5.75 Å². The van der Waals surface area contributed by atoms with Crippen LogP contribution in [0.2, 0.25) is 0 Å². The number of alkyl halides is 2. The number of nitrogens with one attached hydrogen (secondary N) is 2. The fourth-order valence-corrected chi connectivity index (χ4v) is 3.67. The zero-order valence-electron chi connectivity index (χ0n) is 12.3. The summed E-state index contributed by atoms with van der Waals surface area (Å²) in [6.45, 7) is -1.23. The lowest BCUT2D eigenvalue weighted by Gasteiger charge is -2.37. The number of amides is 1. The van der Waals surface area contributed by atoms with E-state index < -0.39 is 6.61 Å². The van der Waals surface area contributed by atoms with E-state index in [-0.39, 0.29) is 17.1 Å². The van der Waals surface area contributed by atoms with E-state index in [1.54, 1.807) is 12.1 Å². The summed E-state index contributed by atoms with van der Waals surface area (Å²) in [5, 5.41) is 6.27. The maximum atomic E-state index is 12.7. The van der Waals surface area contributed by atoms with Gasteiger partial charge in [0.25, 0.3) is 0 Å². The summed E-state index contributed by atoms with van der Waals surface area (Å²) in [7, 11) is 0. The minimum Gasteiger partial charge on any atom is -0.435 e. The molecule has 1 aliphatic heterocycles. The molecule has 4 nitrogen and oxygen atoms in total. The Morgan fingerprint density at radius 2 is 2.09 bits per heavy atom. The van der Waals surface area contributed by atoms with Crippen LogP contribution in [0.4, 0.5) is 14.5 Å². The summed E-state index contributed by atoms with van der Waals surface area (Å²) < 4.78 is 28.5. The van der Waals surface area contributed by atoms with Crippen LogP contribution in [0.15, 0.2) is 24.3 Å². The number of carbonyl (C=O) groups is 1. The van der Waals surface area contributed by atoms with Crippen LogP contribution in [0.1, 0.15) is 25.7 Å². The van der Waals surface area contributed by atoms with E-state index in [2.05, 4.69) is 15.4 Å². The van der Waals surface area contributed by atoms with Crippen molar-refractivity contribution in [3.8, 4) is 5.75 Å². The third-order valence-corrected chi connectivity index (χ3v) is 4.83. The van der Waals surface area contributed by atoms with E-state index in [9.17, 15) is 13.6 Å². The fourth-order valence-electron chi connectivity index (χ4n) is 3.67. The second-order valence-corrected chi connectivity index (χ2v) is 6.09. The Balaban J connectivity index is 1.68. The molecule has 1 saturated carbocycles. The number of benzene rings is 1. The van der Waals surface area contributed by atoms with E-state index in [0.717, 1.165) is 32.4 Å². The molecule has 0 radical (unpaired) electrons.